The summed E-state index contributed by atoms with van der Waals surface area (Å²) < 4.78 is 6.98. The Balaban J connectivity index is 1.38. The number of carbonyl (C=O) groups is 1. The molecule has 0 bridgehead atoms. The topological polar surface area (TPSA) is 90.0 Å². The Morgan fingerprint density at radius 1 is 1.03 bits per heavy atom. The molecular weight excluding hydrogens is 428 g/mol. The number of rotatable bonds is 6. The number of nitrogens with zero attached hydrogens (tertiary/aromatic N) is 3. The number of aromatic nitrogens is 3. The molecule has 0 spiro atoms. The highest BCUT2D eigenvalue weighted by molar-refractivity contribution is 6.03. The van der Waals surface area contributed by atoms with Crippen LogP contribution in [0.25, 0.3) is 28.3 Å². The molecule has 166 valence electrons. The smallest absolute Gasteiger partial charge is 0.336 e. The molecule has 0 aliphatic carbocycles. The fourth-order valence-electron chi connectivity index (χ4n) is 3.64. The summed E-state index contributed by atoms with van der Waals surface area (Å²) in [5, 5.41) is 8.30. The molecule has 7 nitrogen and oxygen atoms in total. The molecule has 0 fully saturated rings. The van der Waals surface area contributed by atoms with Gasteiger partial charge in [-0.25, -0.2) is 4.79 Å². The predicted molar refractivity (Wildman–Crippen MR) is 131 cm³/mol. The van der Waals surface area contributed by atoms with E-state index in [2.05, 4.69) is 10.3 Å². The first-order valence-corrected chi connectivity index (χ1v) is 10.7. The predicted octanol–water partition coefficient (Wildman–Crippen LogP) is 4.75. The lowest BCUT2D eigenvalue weighted by Gasteiger charge is -2.03. The molecule has 3 aromatic heterocycles. The minimum Gasteiger partial charge on any atom is -0.423 e. The van der Waals surface area contributed by atoms with Crippen LogP contribution >= 0.6 is 0 Å². The second kappa shape index (κ2) is 9.38. The van der Waals surface area contributed by atoms with Crippen LogP contribution in [0.15, 0.2) is 107 Å². The number of nitrogens with one attached hydrogen (secondary N) is 1. The van der Waals surface area contributed by atoms with Crippen molar-refractivity contribution < 1.29 is 9.21 Å². The van der Waals surface area contributed by atoms with Crippen molar-refractivity contribution in [2.45, 2.75) is 6.54 Å². The van der Waals surface area contributed by atoms with E-state index in [0.717, 1.165) is 27.8 Å². The fourth-order valence-corrected chi connectivity index (χ4v) is 3.64. The molecule has 3 heterocycles. The Morgan fingerprint density at radius 2 is 1.91 bits per heavy atom. The number of pyridine rings is 1. The van der Waals surface area contributed by atoms with Gasteiger partial charge in [0, 0.05) is 52.9 Å². The zero-order valence-corrected chi connectivity index (χ0v) is 18.1. The van der Waals surface area contributed by atoms with E-state index in [1.54, 1.807) is 42.7 Å². The van der Waals surface area contributed by atoms with Crippen molar-refractivity contribution in [3.8, 4) is 11.3 Å². The summed E-state index contributed by atoms with van der Waals surface area (Å²) in [6, 6.07) is 22.0. The van der Waals surface area contributed by atoms with Gasteiger partial charge in [0.15, 0.2) is 0 Å². The summed E-state index contributed by atoms with van der Waals surface area (Å²) in [5.74, 6) is -0.287. The normalized spacial score (nSPS) is 11.2. The second-order valence-corrected chi connectivity index (χ2v) is 7.69. The van der Waals surface area contributed by atoms with E-state index in [1.807, 2.05) is 53.3 Å². The van der Waals surface area contributed by atoms with Crippen LogP contribution in [-0.4, -0.2) is 20.7 Å². The number of carbonyl (C=O) groups excluding carboxylic acids is 1. The SMILES string of the molecule is O=C(C=Cc1cn(Cc2ccccc2)nc1-c1cccnc1)Nc1ccc2oc(=O)ccc2c1. The van der Waals surface area contributed by atoms with Gasteiger partial charge in [0.1, 0.15) is 11.3 Å². The first-order chi connectivity index (χ1) is 16.6. The van der Waals surface area contributed by atoms with Crippen molar-refractivity contribution in [1.82, 2.24) is 14.8 Å². The van der Waals surface area contributed by atoms with Crippen LogP contribution in [0.3, 0.4) is 0 Å². The summed E-state index contributed by atoms with van der Waals surface area (Å²) in [7, 11) is 0. The van der Waals surface area contributed by atoms with Crippen molar-refractivity contribution in [1.29, 1.82) is 0 Å². The lowest BCUT2D eigenvalue weighted by atomic mass is 10.1. The van der Waals surface area contributed by atoms with Gasteiger partial charge in [-0.2, -0.15) is 5.10 Å². The summed E-state index contributed by atoms with van der Waals surface area (Å²) in [6.45, 7) is 0.612. The van der Waals surface area contributed by atoms with Gasteiger partial charge in [-0.3, -0.25) is 14.5 Å². The average molecular weight is 448 g/mol. The molecule has 1 N–H and O–H groups in total. The van der Waals surface area contributed by atoms with Gasteiger partial charge in [0.05, 0.1) is 6.54 Å². The van der Waals surface area contributed by atoms with E-state index < -0.39 is 5.63 Å². The van der Waals surface area contributed by atoms with E-state index >= 15 is 0 Å². The van der Waals surface area contributed by atoms with Crippen molar-refractivity contribution in [3.05, 3.63) is 119 Å². The van der Waals surface area contributed by atoms with Crippen molar-refractivity contribution in [2.24, 2.45) is 0 Å². The molecule has 2 aromatic carbocycles. The van der Waals surface area contributed by atoms with Crippen molar-refractivity contribution >= 4 is 28.6 Å². The van der Waals surface area contributed by atoms with Crippen LogP contribution in [0.2, 0.25) is 0 Å². The quantitative estimate of drug-likeness (QED) is 0.299. The third-order valence-corrected chi connectivity index (χ3v) is 5.21. The van der Waals surface area contributed by atoms with Crippen LogP contribution in [0, 0.1) is 0 Å². The van der Waals surface area contributed by atoms with Gasteiger partial charge in [-0.1, -0.05) is 30.3 Å². The Kier molecular flexibility index (Phi) is 5.82. The number of hydrogen-bond donors (Lipinski definition) is 1. The molecule has 0 unspecified atom stereocenters. The molecule has 34 heavy (non-hydrogen) atoms. The van der Waals surface area contributed by atoms with E-state index in [4.69, 9.17) is 9.52 Å². The van der Waals surface area contributed by atoms with Gasteiger partial charge in [-0.15, -0.1) is 0 Å². The fraction of sp³-hybridized carbons (Fsp3) is 0.0370. The van der Waals surface area contributed by atoms with Crippen LogP contribution in [-0.2, 0) is 11.3 Å². The molecule has 7 heteroatoms. The molecule has 0 saturated heterocycles. The maximum absolute atomic E-state index is 12.6. The van der Waals surface area contributed by atoms with Gasteiger partial charge >= 0.3 is 5.63 Å². The zero-order chi connectivity index (χ0) is 23.3. The summed E-state index contributed by atoms with van der Waals surface area (Å²) in [6.07, 6.45) is 8.59. The van der Waals surface area contributed by atoms with Crippen LogP contribution in [0.5, 0.6) is 0 Å². The summed E-state index contributed by atoms with van der Waals surface area (Å²) in [5.41, 5.74) is 4.20. The number of hydrogen-bond acceptors (Lipinski definition) is 5. The molecule has 0 radical (unpaired) electrons. The number of fused-ring (bicyclic) bond motifs is 1. The Hall–Kier alpha value is -4.78. The van der Waals surface area contributed by atoms with Gasteiger partial charge < -0.3 is 9.73 Å². The van der Waals surface area contributed by atoms with Crippen LogP contribution < -0.4 is 10.9 Å². The minimum absolute atomic E-state index is 0.287. The van der Waals surface area contributed by atoms with Crippen molar-refractivity contribution in [2.75, 3.05) is 5.32 Å². The molecule has 5 rings (SSSR count). The standard InChI is InChI=1S/C27H20N4O3/c32-25(29-23-10-11-24-20(15-23)9-13-26(33)34-24)12-8-22-18-31(17-19-5-2-1-3-6-19)30-27(22)21-7-4-14-28-16-21/h1-16,18H,17H2,(H,29,32). The second-order valence-electron chi connectivity index (χ2n) is 7.69. The number of anilines is 1. The third-order valence-electron chi connectivity index (χ3n) is 5.21. The van der Waals surface area contributed by atoms with Gasteiger partial charge in [0.25, 0.3) is 0 Å². The number of benzene rings is 2. The first kappa shape index (κ1) is 21.1. The third kappa shape index (κ3) is 4.83. The minimum atomic E-state index is -0.413. The summed E-state index contributed by atoms with van der Waals surface area (Å²) in [4.78, 5) is 28.2. The Morgan fingerprint density at radius 3 is 2.74 bits per heavy atom. The van der Waals surface area contributed by atoms with E-state index in [-0.39, 0.29) is 5.91 Å². The first-order valence-electron chi connectivity index (χ1n) is 10.7. The molecule has 0 aliphatic heterocycles. The monoisotopic (exact) mass is 448 g/mol. The molecule has 0 saturated carbocycles. The maximum Gasteiger partial charge on any atom is 0.336 e. The molecule has 1 amide bonds. The lowest BCUT2D eigenvalue weighted by molar-refractivity contribution is -0.111. The zero-order valence-electron chi connectivity index (χ0n) is 18.1. The average Bonchev–Trinajstić information content (AvgIpc) is 3.26. The van der Waals surface area contributed by atoms with Gasteiger partial charge in [0.2, 0.25) is 5.91 Å². The van der Waals surface area contributed by atoms with Crippen LogP contribution in [0.1, 0.15) is 11.1 Å². The van der Waals surface area contributed by atoms with E-state index in [9.17, 15) is 9.59 Å². The van der Waals surface area contributed by atoms with Crippen LogP contribution in [0.4, 0.5) is 5.69 Å². The summed E-state index contributed by atoms with van der Waals surface area (Å²) >= 11 is 0. The molecule has 0 atom stereocenters. The Labute approximate surface area is 195 Å². The highest BCUT2D eigenvalue weighted by Crippen LogP contribution is 2.23. The largest absolute Gasteiger partial charge is 0.423 e. The molecule has 5 aromatic rings. The Bertz CT molecular complexity index is 1540. The maximum atomic E-state index is 12.6. The van der Waals surface area contributed by atoms with E-state index in [0.29, 0.717) is 17.8 Å². The number of amides is 1. The molecule has 0 aliphatic rings. The van der Waals surface area contributed by atoms with Crippen molar-refractivity contribution in [3.63, 3.8) is 0 Å². The van der Waals surface area contributed by atoms with E-state index in [1.165, 1.54) is 12.1 Å². The lowest BCUT2D eigenvalue weighted by Crippen LogP contribution is -2.07. The van der Waals surface area contributed by atoms with Gasteiger partial charge in [-0.05, 0) is 48.0 Å². The highest BCUT2D eigenvalue weighted by atomic mass is 16.4. The highest BCUT2D eigenvalue weighted by Gasteiger charge is 2.11. The molecular formula is C27H20N4O3.